The molecule has 0 amide bonds. The van der Waals surface area contributed by atoms with Crippen LogP contribution in [0.15, 0.2) is 0 Å². The molecule has 0 fully saturated rings. The second-order valence-electron chi connectivity index (χ2n) is 1.37. The molecule has 0 aromatic heterocycles. The third kappa shape index (κ3) is 5.88. The summed E-state index contributed by atoms with van der Waals surface area (Å²) in [6, 6.07) is 0. The normalized spacial score (nSPS) is 9.43. The van der Waals surface area contributed by atoms with Crippen LogP contribution in [-0.2, 0) is 4.94 Å². The predicted octanol–water partition coefficient (Wildman–Crippen LogP) is 0.181. The van der Waals surface area contributed by atoms with Crippen molar-refractivity contribution in [3.8, 4) is 0 Å². The average Bonchev–Trinajstić information content (AvgIpc) is 1.69. The third-order valence-electron chi connectivity index (χ3n) is 0.716. The number of hydrogen-bond donors (Lipinski definition) is 2. The molecular formula is C4H12N2O. The molecule has 0 radical (unpaired) electrons. The van der Waals surface area contributed by atoms with Gasteiger partial charge in [-0.3, -0.25) is 0 Å². The molecule has 0 rings (SSSR count). The van der Waals surface area contributed by atoms with Gasteiger partial charge in [-0.2, -0.15) is 11.4 Å². The number of hydroxylamine groups is 1. The topological polar surface area (TPSA) is 47.3 Å². The monoisotopic (exact) mass is 104 g/mol. The quantitative estimate of drug-likeness (QED) is 0.395. The maximum absolute atomic E-state index is 4.66. The van der Waals surface area contributed by atoms with E-state index in [0.717, 1.165) is 19.4 Å². The molecule has 3 nitrogen and oxygen atoms in total. The molecule has 3 heteroatoms. The van der Waals surface area contributed by atoms with Gasteiger partial charge in [-0.25, -0.2) is 4.94 Å². The van der Waals surface area contributed by atoms with Crippen LogP contribution in [0.2, 0.25) is 0 Å². The fourth-order valence-corrected chi connectivity index (χ4v) is 0.308. The minimum atomic E-state index is 0.840. The zero-order chi connectivity index (χ0) is 5.54. The smallest absolute Gasteiger partial charge is 0.0228 e. The van der Waals surface area contributed by atoms with Crippen LogP contribution >= 0.6 is 0 Å². The van der Waals surface area contributed by atoms with E-state index >= 15 is 0 Å². The molecule has 0 saturated heterocycles. The zero-order valence-electron chi connectivity index (χ0n) is 4.61. The molecule has 0 aromatic rings. The minimum absolute atomic E-state index is 0.840. The number of unbranched alkanes of at least 4 members (excludes halogenated alkanes) is 1. The van der Waals surface area contributed by atoms with Crippen LogP contribution in [-0.4, -0.2) is 6.54 Å². The lowest BCUT2D eigenvalue weighted by molar-refractivity contribution is 0.0403. The number of nitrogens with two attached hydrogens (primary N) is 1. The van der Waals surface area contributed by atoms with Crippen molar-refractivity contribution in [2.24, 2.45) is 5.90 Å². The first-order valence-corrected chi connectivity index (χ1v) is 2.50. The lowest BCUT2D eigenvalue weighted by atomic mass is 10.3. The highest BCUT2D eigenvalue weighted by Gasteiger charge is 1.78. The standard InChI is InChI=1S/C4H12N2O/c1-2-3-4-6-7-5/h6H,2-5H2,1H3. The Morgan fingerprint density at radius 3 is 2.86 bits per heavy atom. The molecule has 0 spiro atoms. The van der Waals surface area contributed by atoms with Gasteiger partial charge in [0.1, 0.15) is 0 Å². The van der Waals surface area contributed by atoms with Crippen LogP contribution in [0.25, 0.3) is 0 Å². The fraction of sp³-hybridized carbons (Fsp3) is 1.00. The van der Waals surface area contributed by atoms with E-state index in [1.54, 1.807) is 0 Å². The van der Waals surface area contributed by atoms with E-state index in [9.17, 15) is 0 Å². The van der Waals surface area contributed by atoms with Gasteiger partial charge in [0.05, 0.1) is 0 Å². The highest BCUT2D eigenvalue weighted by molar-refractivity contribution is 4.31. The van der Waals surface area contributed by atoms with Gasteiger partial charge < -0.3 is 0 Å². The maximum Gasteiger partial charge on any atom is 0.0228 e. The van der Waals surface area contributed by atoms with Gasteiger partial charge in [-0.15, -0.1) is 0 Å². The molecule has 3 N–H and O–H groups in total. The summed E-state index contributed by atoms with van der Waals surface area (Å²) in [5.41, 5.74) is 2.53. The van der Waals surface area contributed by atoms with E-state index in [4.69, 9.17) is 0 Å². The largest absolute Gasteiger partial charge is 0.217 e. The van der Waals surface area contributed by atoms with Gasteiger partial charge in [-0.1, -0.05) is 13.3 Å². The van der Waals surface area contributed by atoms with Gasteiger partial charge in [0.15, 0.2) is 0 Å². The van der Waals surface area contributed by atoms with Crippen LogP contribution in [0.3, 0.4) is 0 Å². The molecule has 0 aliphatic heterocycles. The molecule has 0 unspecified atom stereocenters. The van der Waals surface area contributed by atoms with Gasteiger partial charge in [-0.05, 0) is 6.42 Å². The van der Waals surface area contributed by atoms with Crippen LogP contribution in [0.5, 0.6) is 0 Å². The van der Waals surface area contributed by atoms with Crippen molar-refractivity contribution < 1.29 is 4.94 Å². The summed E-state index contributed by atoms with van der Waals surface area (Å²) in [6.45, 7) is 2.95. The first kappa shape index (κ1) is 6.88. The Morgan fingerprint density at radius 2 is 2.43 bits per heavy atom. The Balaban J connectivity index is 2.45. The Bertz CT molecular complexity index is 28.9. The molecule has 0 aliphatic carbocycles. The van der Waals surface area contributed by atoms with Crippen molar-refractivity contribution in [1.29, 1.82) is 0 Å². The molecule has 0 saturated carbocycles. The van der Waals surface area contributed by atoms with Crippen molar-refractivity contribution in [2.45, 2.75) is 19.8 Å². The van der Waals surface area contributed by atoms with Crippen molar-refractivity contribution in [3.05, 3.63) is 0 Å². The van der Waals surface area contributed by atoms with Gasteiger partial charge in [0.25, 0.3) is 0 Å². The number of rotatable bonds is 4. The lowest BCUT2D eigenvalue weighted by Gasteiger charge is -1.94. The second-order valence-corrected chi connectivity index (χ2v) is 1.37. The second kappa shape index (κ2) is 5.88. The molecule has 0 atom stereocenters. The van der Waals surface area contributed by atoms with Crippen molar-refractivity contribution in [1.82, 2.24) is 5.48 Å². The predicted molar refractivity (Wildman–Crippen MR) is 28.2 cm³/mol. The molecular weight excluding hydrogens is 92.1 g/mol. The summed E-state index contributed by atoms with van der Waals surface area (Å²) in [5, 5.41) is 0. The van der Waals surface area contributed by atoms with E-state index in [2.05, 4.69) is 23.2 Å². The van der Waals surface area contributed by atoms with E-state index in [0.29, 0.717) is 0 Å². The van der Waals surface area contributed by atoms with E-state index in [1.807, 2.05) is 0 Å². The van der Waals surface area contributed by atoms with Crippen LogP contribution in [0.1, 0.15) is 19.8 Å². The summed E-state index contributed by atoms with van der Waals surface area (Å²) in [6.07, 6.45) is 2.27. The summed E-state index contributed by atoms with van der Waals surface area (Å²) in [5.74, 6) is 4.66. The van der Waals surface area contributed by atoms with E-state index < -0.39 is 0 Å². The van der Waals surface area contributed by atoms with Crippen molar-refractivity contribution in [2.75, 3.05) is 6.54 Å². The van der Waals surface area contributed by atoms with Crippen LogP contribution in [0.4, 0.5) is 0 Å². The van der Waals surface area contributed by atoms with Crippen molar-refractivity contribution >= 4 is 0 Å². The number of nitrogens with one attached hydrogen (secondary N) is 1. The molecule has 0 bridgehead atoms. The molecule has 44 valence electrons. The summed E-state index contributed by atoms with van der Waals surface area (Å²) in [4.78, 5) is 4.09. The number of hydrogen-bond acceptors (Lipinski definition) is 3. The average molecular weight is 104 g/mol. The SMILES string of the molecule is CCCCNON. The summed E-state index contributed by atoms with van der Waals surface area (Å²) < 4.78 is 0. The highest BCUT2D eigenvalue weighted by atomic mass is 16.8. The maximum atomic E-state index is 4.66. The van der Waals surface area contributed by atoms with Gasteiger partial charge in [0, 0.05) is 6.54 Å². The summed E-state index contributed by atoms with van der Waals surface area (Å²) in [7, 11) is 0. The molecule has 0 aromatic carbocycles. The Morgan fingerprint density at radius 1 is 1.71 bits per heavy atom. The molecule has 0 aliphatic rings. The molecule has 0 heterocycles. The minimum Gasteiger partial charge on any atom is -0.217 e. The third-order valence-corrected chi connectivity index (χ3v) is 0.716. The van der Waals surface area contributed by atoms with E-state index in [1.165, 1.54) is 0 Å². The molecule has 7 heavy (non-hydrogen) atoms. The zero-order valence-corrected chi connectivity index (χ0v) is 4.61. The first-order chi connectivity index (χ1) is 3.41. The van der Waals surface area contributed by atoms with Crippen molar-refractivity contribution in [3.63, 3.8) is 0 Å². The first-order valence-electron chi connectivity index (χ1n) is 2.50. The van der Waals surface area contributed by atoms with E-state index in [-0.39, 0.29) is 0 Å². The highest BCUT2D eigenvalue weighted by Crippen LogP contribution is 1.80. The van der Waals surface area contributed by atoms with Gasteiger partial charge in [0.2, 0.25) is 0 Å². The Kier molecular flexibility index (Phi) is 5.78. The lowest BCUT2D eigenvalue weighted by Crippen LogP contribution is -2.19. The Hall–Kier alpha value is -0.120. The Labute approximate surface area is 43.7 Å². The van der Waals surface area contributed by atoms with Gasteiger partial charge >= 0.3 is 0 Å². The fourth-order valence-electron chi connectivity index (χ4n) is 0.308. The van der Waals surface area contributed by atoms with Crippen LogP contribution < -0.4 is 11.4 Å². The summed E-state index contributed by atoms with van der Waals surface area (Å²) >= 11 is 0. The van der Waals surface area contributed by atoms with Crippen LogP contribution in [0, 0.1) is 0 Å².